The number of fused-ring (bicyclic) bond motifs is 5. The van der Waals surface area contributed by atoms with Gasteiger partial charge in [0.1, 0.15) is 29.0 Å². The van der Waals surface area contributed by atoms with Crippen molar-refractivity contribution < 1.29 is 51.0 Å². The van der Waals surface area contributed by atoms with Crippen LogP contribution in [-0.2, 0) is 25.5 Å². The molecule has 1 N–H and O–H groups in total. The Morgan fingerprint density at radius 3 is 1.98 bits per heavy atom. The van der Waals surface area contributed by atoms with E-state index in [1.807, 2.05) is 47.0 Å². The number of anilines is 1. The standard InChI is InChI=1S/C42H44F4N4O7/c1-39(2,3)56-37(53)48-22-41(43,44)20-31(48)33(51)17-24-12-15-29-26(16-24)18-30-28-14-13-27(19-34(28)55-36(50(29)30)25-10-8-7-9-11-25)47-35(52)32-21-42(45,46)23-49(32)38(54)57-40(4,5)6/h7-16,18-19,31-32,36H,17,20-23H2,1-6H3,(H,47,52)/t31-,32-,36?/m0/s1. The average Bonchev–Trinajstić information content (AvgIpc) is 3.76. The molecule has 2 fully saturated rings. The molecule has 0 aliphatic carbocycles. The molecule has 3 aliphatic heterocycles. The van der Waals surface area contributed by atoms with Crippen molar-refractivity contribution >= 4 is 40.5 Å². The minimum absolute atomic E-state index is 0.201. The summed E-state index contributed by atoms with van der Waals surface area (Å²) in [7, 11) is 0. The molecule has 3 atom stereocenters. The Bertz CT molecular complexity index is 2250. The summed E-state index contributed by atoms with van der Waals surface area (Å²) >= 11 is 0. The van der Waals surface area contributed by atoms with Crippen LogP contribution in [0, 0.1) is 0 Å². The van der Waals surface area contributed by atoms with Crippen LogP contribution in [0.4, 0.5) is 32.8 Å². The molecule has 2 saturated heterocycles. The normalized spacial score (nSPS) is 21.1. The number of carbonyl (C=O) groups excluding carboxylic acids is 4. The molecule has 11 nitrogen and oxygen atoms in total. The number of carbonyl (C=O) groups is 4. The number of halogens is 4. The molecule has 4 aromatic rings. The fraction of sp³-hybridized carbons (Fsp3) is 0.429. The van der Waals surface area contributed by atoms with E-state index in [0.29, 0.717) is 16.9 Å². The van der Waals surface area contributed by atoms with E-state index in [4.69, 9.17) is 14.2 Å². The largest absolute Gasteiger partial charge is 0.465 e. The van der Waals surface area contributed by atoms with E-state index in [1.165, 1.54) is 0 Å². The molecule has 4 heterocycles. The van der Waals surface area contributed by atoms with Gasteiger partial charge in [-0.25, -0.2) is 27.2 Å². The monoisotopic (exact) mass is 792 g/mol. The van der Waals surface area contributed by atoms with Crippen molar-refractivity contribution in [3.63, 3.8) is 0 Å². The SMILES string of the molecule is CC(C)(C)OC(=O)N1CC(F)(F)C[C@H]1C(=O)Cc1ccc2c(c1)cc1n2C(c2ccccc2)Oc2cc(NC(=O)[C@@H]3CC(F)(F)CN3C(=O)OC(C)(C)C)ccc2-1. The number of ether oxygens (including phenoxy) is 3. The number of nitrogens with one attached hydrogen (secondary N) is 1. The Morgan fingerprint density at radius 1 is 0.772 bits per heavy atom. The minimum atomic E-state index is -3.28. The maximum atomic E-state index is 14.6. The summed E-state index contributed by atoms with van der Waals surface area (Å²) in [6.45, 7) is 7.82. The lowest BCUT2D eigenvalue weighted by molar-refractivity contribution is -0.123. The number of ketones is 1. The Morgan fingerprint density at radius 2 is 1.37 bits per heavy atom. The highest BCUT2D eigenvalue weighted by atomic mass is 19.3. The molecule has 3 aliphatic rings. The van der Waals surface area contributed by atoms with Crippen LogP contribution in [0.15, 0.2) is 72.8 Å². The molecule has 7 rings (SSSR count). The molecular formula is C42H44F4N4O7. The molecule has 0 radical (unpaired) electrons. The van der Waals surface area contributed by atoms with Gasteiger partial charge in [0, 0.05) is 47.5 Å². The number of amides is 3. The highest BCUT2D eigenvalue weighted by Gasteiger charge is 2.52. The number of rotatable bonds is 6. The van der Waals surface area contributed by atoms with E-state index >= 15 is 0 Å². The fourth-order valence-electron chi connectivity index (χ4n) is 7.50. The number of hydrogen-bond donors (Lipinski definition) is 1. The van der Waals surface area contributed by atoms with Gasteiger partial charge in [0.05, 0.1) is 24.3 Å². The molecule has 1 unspecified atom stereocenters. The van der Waals surface area contributed by atoms with E-state index in [-0.39, 0.29) is 12.1 Å². The zero-order chi connectivity index (χ0) is 41.2. The minimum Gasteiger partial charge on any atom is -0.465 e. The maximum absolute atomic E-state index is 14.6. The van der Waals surface area contributed by atoms with E-state index in [2.05, 4.69) is 5.32 Å². The van der Waals surface area contributed by atoms with E-state index in [0.717, 1.165) is 32.0 Å². The maximum Gasteiger partial charge on any atom is 0.411 e. The van der Waals surface area contributed by atoms with Gasteiger partial charge in [0.25, 0.3) is 11.8 Å². The Balaban J connectivity index is 1.17. The molecular weight excluding hydrogens is 748 g/mol. The van der Waals surface area contributed by atoms with Crippen LogP contribution in [0.3, 0.4) is 0 Å². The van der Waals surface area contributed by atoms with Gasteiger partial charge < -0.3 is 24.1 Å². The highest BCUT2D eigenvalue weighted by Crippen LogP contribution is 2.45. The zero-order valence-corrected chi connectivity index (χ0v) is 32.4. The zero-order valence-electron chi connectivity index (χ0n) is 32.4. The third kappa shape index (κ3) is 8.42. The summed E-state index contributed by atoms with van der Waals surface area (Å²) in [5.41, 5.74) is 1.86. The lowest BCUT2D eigenvalue weighted by Crippen LogP contribution is -2.45. The Labute approximate surface area is 326 Å². The predicted octanol–water partition coefficient (Wildman–Crippen LogP) is 8.59. The quantitative estimate of drug-likeness (QED) is 0.194. The number of hydrogen-bond acceptors (Lipinski definition) is 7. The summed E-state index contributed by atoms with van der Waals surface area (Å²) in [6, 6.07) is 18.7. The van der Waals surface area contributed by atoms with Crippen LogP contribution in [0.1, 0.15) is 71.7 Å². The number of nitrogens with zero attached hydrogens (tertiary/aromatic N) is 3. The number of aromatic nitrogens is 1. The van der Waals surface area contributed by atoms with Crippen molar-refractivity contribution in [1.29, 1.82) is 0 Å². The summed E-state index contributed by atoms with van der Waals surface area (Å²) in [4.78, 5) is 54.2. The van der Waals surface area contributed by atoms with Crippen molar-refractivity contribution in [3.05, 3.63) is 83.9 Å². The van der Waals surface area contributed by atoms with Crippen molar-refractivity contribution in [2.45, 2.75) is 102 Å². The second-order valence-electron chi connectivity index (χ2n) is 16.9. The van der Waals surface area contributed by atoms with Gasteiger partial charge in [-0.3, -0.25) is 19.4 Å². The lowest BCUT2D eigenvalue weighted by Gasteiger charge is -2.31. The summed E-state index contributed by atoms with van der Waals surface area (Å²) in [5, 5.41) is 3.41. The third-order valence-electron chi connectivity index (χ3n) is 9.83. The third-order valence-corrected chi connectivity index (χ3v) is 9.83. The first kappa shape index (κ1) is 39.6. The van der Waals surface area contributed by atoms with Crippen LogP contribution in [0.25, 0.3) is 22.2 Å². The first-order valence-electron chi connectivity index (χ1n) is 18.6. The van der Waals surface area contributed by atoms with Crippen LogP contribution in [0.2, 0.25) is 0 Å². The predicted molar refractivity (Wildman–Crippen MR) is 203 cm³/mol. The Hall–Kier alpha value is -5.60. The molecule has 0 bridgehead atoms. The van der Waals surface area contributed by atoms with Crippen LogP contribution in [-0.4, -0.2) is 86.5 Å². The van der Waals surface area contributed by atoms with Crippen LogP contribution >= 0.6 is 0 Å². The molecule has 15 heteroatoms. The lowest BCUT2D eigenvalue weighted by atomic mass is 10.0. The summed E-state index contributed by atoms with van der Waals surface area (Å²) < 4.78 is 77.5. The van der Waals surface area contributed by atoms with Gasteiger partial charge in [0.15, 0.2) is 5.78 Å². The molecule has 1 aromatic heterocycles. The van der Waals surface area contributed by atoms with E-state index < -0.39 is 91.2 Å². The summed E-state index contributed by atoms with van der Waals surface area (Å²) in [5.74, 6) is -7.48. The van der Waals surface area contributed by atoms with E-state index in [9.17, 15) is 36.7 Å². The first-order chi connectivity index (χ1) is 26.6. The topological polar surface area (TPSA) is 119 Å². The second-order valence-corrected chi connectivity index (χ2v) is 16.9. The highest BCUT2D eigenvalue weighted by molar-refractivity contribution is 5.98. The van der Waals surface area contributed by atoms with Gasteiger partial charge in [-0.15, -0.1) is 0 Å². The molecule has 302 valence electrons. The fourth-order valence-corrected chi connectivity index (χ4v) is 7.50. The number of benzene rings is 3. The Kier molecular flexibility index (Phi) is 9.80. The van der Waals surface area contributed by atoms with Crippen LogP contribution < -0.4 is 10.1 Å². The molecule has 0 spiro atoms. The van der Waals surface area contributed by atoms with Gasteiger partial charge in [-0.1, -0.05) is 36.4 Å². The molecule has 0 saturated carbocycles. The molecule has 3 aromatic carbocycles. The average molecular weight is 793 g/mol. The number of Topliss-reactive ketones (excluding diaryl/α,β-unsaturated/α-hetero) is 1. The van der Waals surface area contributed by atoms with Crippen molar-refractivity contribution in [1.82, 2.24) is 14.4 Å². The van der Waals surface area contributed by atoms with E-state index in [1.54, 1.807) is 71.9 Å². The van der Waals surface area contributed by atoms with Crippen molar-refractivity contribution in [3.8, 4) is 17.0 Å². The van der Waals surface area contributed by atoms with Gasteiger partial charge in [-0.2, -0.15) is 0 Å². The van der Waals surface area contributed by atoms with Crippen LogP contribution in [0.5, 0.6) is 5.75 Å². The summed E-state index contributed by atoms with van der Waals surface area (Å²) in [6.07, 6.45) is -4.53. The smallest absolute Gasteiger partial charge is 0.411 e. The van der Waals surface area contributed by atoms with Gasteiger partial charge in [0.2, 0.25) is 12.1 Å². The van der Waals surface area contributed by atoms with Gasteiger partial charge >= 0.3 is 12.2 Å². The molecule has 3 amide bonds. The molecule has 57 heavy (non-hydrogen) atoms. The van der Waals surface area contributed by atoms with Crippen molar-refractivity contribution in [2.24, 2.45) is 0 Å². The second kappa shape index (κ2) is 14.1. The first-order valence-corrected chi connectivity index (χ1v) is 18.6. The van der Waals surface area contributed by atoms with Gasteiger partial charge in [-0.05, 0) is 77.4 Å². The van der Waals surface area contributed by atoms with Crippen molar-refractivity contribution in [2.75, 3.05) is 18.4 Å². The number of alkyl halides is 4. The number of likely N-dealkylation sites (tertiary alicyclic amines) is 2.